The summed E-state index contributed by atoms with van der Waals surface area (Å²) in [5.41, 5.74) is 2.73. The van der Waals surface area contributed by atoms with E-state index in [1.54, 1.807) is 6.07 Å². The van der Waals surface area contributed by atoms with E-state index in [0.717, 1.165) is 11.1 Å². The smallest absolute Gasteiger partial charge is 0.387 e. The number of carbonyl (C=O) groups excluding carboxylic acids is 2. The summed E-state index contributed by atoms with van der Waals surface area (Å²) in [6.07, 6.45) is 0. The summed E-state index contributed by atoms with van der Waals surface area (Å²) in [4.78, 5) is 23.8. The molecule has 0 aliphatic rings. The molecule has 5 nitrogen and oxygen atoms in total. The van der Waals surface area contributed by atoms with E-state index in [0.29, 0.717) is 5.69 Å². The number of carbonyl (C=O) groups is 2. The highest BCUT2D eigenvalue weighted by Crippen LogP contribution is 2.18. The first kappa shape index (κ1) is 18.4. The van der Waals surface area contributed by atoms with Crippen LogP contribution in [0.2, 0.25) is 0 Å². The Morgan fingerprint density at radius 1 is 1.08 bits per heavy atom. The molecule has 0 saturated carbocycles. The minimum Gasteiger partial charge on any atom is -0.452 e. The average molecular weight is 349 g/mol. The zero-order chi connectivity index (χ0) is 18.4. The first-order chi connectivity index (χ1) is 11.9. The number of amides is 1. The standard InChI is InChI=1S/C18H17F2NO4/c1-11-4-3-5-15(12(11)2)21-16(22)10-24-17(23)13-6-8-14(9-7-13)25-18(19)20/h3-9,18H,10H2,1-2H3,(H,21,22). The van der Waals surface area contributed by atoms with Gasteiger partial charge in [0.15, 0.2) is 6.61 Å². The summed E-state index contributed by atoms with van der Waals surface area (Å²) in [7, 11) is 0. The molecule has 2 rings (SSSR count). The first-order valence-electron chi connectivity index (χ1n) is 7.45. The Morgan fingerprint density at radius 3 is 2.40 bits per heavy atom. The van der Waals surface area contributed by atoms with Gasteiger partial charge in [-0.25, -0.2) is 4.79 Å². The Labute approximate surface area is 143 Å². The van der Waals surface area contributed by atoms with Crippen molar-refractivity contribution in [3.05, 3.63) is 59.2 Å². The van der Waals surface area contributed by atoms with Crippen LogP contribution in [0.15, 0.2) is 42.5 Å². The predicted octanol–water partition coefficient (Wildman–Crippen LogP) is 3.70. The Balaban J connectivity index is 1.88. The van der Waals surface area contributed by atoms with Crippen LogP contribution in [0, 0.1) is 13.8 Å². The van der Waals surface area contributed by atoms with Crippen LogP contribution in [0.4, 0.5) is 14.5 Å². The van der Waals surface area contributed by atoms with E-state index in [1.165, 1.54) is 24.3 Å². The van der Waals surface area contributed by atoms with E-state index in [-0.39, 0.29) is 11.3 Å². The van der Waals surface area contributed by atoms with Crippen molar-refractivity contribution >= 4 is 17.6 Å². The van der Waals surface area contributed by atoms with Gasteiger partial charge in [-0.1, -0.05) is 12.1 Å². The van der Waals surface area contributed by atoms with Crippen molar-refractivity contribution in [3.8, 4) is 5.75 Å². The molecule has 1 N–H and O–H groups in total. The van der Waals surface area contributed by atoms with E-state index >= 15 is 0 Å². The molecule has 0 atom stereocenters. The van der Waals surface area contributed by atoms with Crippen LogP contribution in [0.1, 0.15) is 21.5 Å². The lowest BCUT2D eigenvalue weighted by Crippen LogP contribution is -2.21. The summed E-state index contributed by atoms with van der Waals surface area (Å²) in [5, 5.41) is 2.67. The third kappa shape index (κ3) is 5.27. The van der Waals surface area contributed by atoms with Gasteiger partial charge < -0.3 is 14.8 Å². The summed E-state index contributed by atoms with van der Waals surface area (Å²) < 4.78 is 33.2. The van der Waals surface area contributed by atoms with E-state index < -0.39 is 25.1 Å². The zero-order valence-electron chi connectivity index (χ0n) is 13.7. The second kappa shape index (κ2) is 8.23. The molecule has 0 radical (unpaired) electrons. The number of rotatable bonds is 6. The maximum absolute atomic E-state index is 12.1. The number of hydrogen-bond donors (Lipinski definition) is 1. The van der Waals surface area contributed by atoms with Gasteiger partial charge in [-0.2, -0.15) is 8.78 Å². The van der Waals surface area contributed by atoms with Crippen molar-refractivity contribution in [1.82, 2.24) is 0 Å². The Morgan fingerprint density at radius 2 is 1.76 bits per heavy atom. The number of anilines is 1. The van der Waals surface area contributed by atoms with Gasteiger partial charge in [-0.15, -0.1) is 0 Å². The van der Waals surface area contributed by atoms with Gasteiger partial charge >= 0.3 is 12.6 Å². The third-order valence-corrected chi connectivity index (χ3v) is 3.53. The van der Waals surface area contributed by atoms with E-state index in [4.69, 9.17) is 4.74 Å². The van der Waals surface area contributed by atoms with Crippen molar-refractivity contribution in [3.63, 3.8) is 0 Å². The molecule has 2 aromatic rings. The maximum Gasteiger partial charge on any atom is 0.387 e. The molecule has 0 aliphatic heterocycles. The van der Waals surface area contributed by atoms with Gasteiger partial charge in [0, 0.05) is 5.69 Å². The van der Waals surface area contributed by atoms with Crippen LogP contribution in [0.5, 0.6) is 5.75 Å². The molecule has 0 spiro atoms. The number of hydrogen-bond acceptors (Lipinski definition) is 4. The normalized spacial score (nSPS) is 10.4. The first-order valence-corrected chi connectivity index (χ1v) is 7.45. The molecular weight excluding hydrogens is 332 g/mol. The lowest BCUT2D eigenvalue weighted by Gasteiger charge is -2.11. The van der Waals surface area contributed by atoms with Crippen molar-refractivity contribution in [1.29, 1.82) is 0 Å². The Hall–Kier alpha value is -2.96. The number of benzene rings is 2. The highest BCUT2D eigenvalue weighted by atomic mass is 19.3. The molecule has 7 heteroatoms. The minimum atomic E-state index is -2.94. The van der Waals surface area contributed by atoms with Gasteiger partial charge in [-0.05, 0) is 55.3 Å². The highest BCUT2D eigenvalue weighted by molar-refractivity contribution is 5.96. The Bertz CT molecular complexity index is 760. The lowest BCUT2D eigenvalue weighted by molar-refractivity contribution is -0.119. The van der Waals surface area contributed by atoms with Gasteiger partial charge in [0.1, 0.15) is 5.75 Å². The van der Waals surface area contributed by atoms with Crippen molar-refractivity contribution in [2.45, 2.75) is 20.5 Å². The third-order valence-electron chi connectivity index (χ3n) is 3.53. The molecule has 0 saturated heterocycles. The van der Waals surface area contributed by atoms with Gasteiger partial charge in [0.2, 0.25) is 0 Å². The molecule has 25 heavy (non-hydrogen) atoms. The molecular formula is C18H17F2NO4. The number of nitrogens with one attached hydrogen (secondary N) is 1. The number of ether oxygens (including phenoxy) is 2. The summed E-state index contributed by atoms with van der Waals surface area (Å²) in [6, 6.07) is 10.5. The minimum absolute atomic E-state index is 0.0702. The highest BCUT2D eigenvalue weighted by Gasteiger charge is 2.12. The predicted molar refractivity (Wildman–Crippen MR) is 87.9 cm³/mol. The molecule has 0 bridgehead atoms. The second-order valence-corrected chi connectivity index (χ2v) is 5.27. The van der Waals surface area contributed by atoms with Crippen LogP contribution in [-0.2, 0) is 9.53 Å². The average Bonchev–Trinajstić information content (AvgIpc) is 2.57. The number of aryl methyl sites for hydroxylation is 1. The van der Waals surface area contributed by atoms with E-state index in [9.17, 15) is 18.4 Å². The quantitative estimate of drug-likeness (QED) is 0.808. The van der Waals surface area contributed by atoms with Crippen LogP contribution >= 0.6 is 0 Å². The van der Waals surface area contributed by atoms with Crippen LogP contribution < -0.4 is 10.1 Å². The molecule has 0 aromatic heterocycles. The van der Waals surface area contributed by atoms with Gasteiger partial charge in [0.25, 0.3) is 5.91 Å². The lowest BCUT2D eigenvalue weighted by atomic mass is 10.1. The maximum atomic E-state index is 12.1. The summed E-state index contributed by atoms with van der Waals surface area (Å²) in [5.74, 6) is -1.28. The molecule has 0 aliphatic carbocycles. The fourth-order valence-electron chi connectivity index (χ4n) is 2.06. The molecule has 2 aromatic carbocycles. The SMILES string of the molecule is Cc1cccc(NC(=O)COC(=O)c2ccc(OC(F)F)cc2)c1C. The zero-order valence-corrected chi connectivity index (χ0v) is 13.7. The fraction of sp³-hybridized carbons (Fsp3) is 0.222. The summed E-state index contributed by atoms with van der Waals surface area (Å²) in [6.45, 7) is 0.403. The molecule has 0 heterocycles. The van der Waals surface area contributed by atoms with Gasteiger partial charge in [0.05, 0.1) is 5.56 Å². The van der Waals surface area contributed by atoms with Gasteiger partial charge in [-0.3, -0.25) is 4.79 Å². The Kier molecular flexibility index (Phi) is 6.05. The second-order valence-electron chi connectivity index (χ2n) is 5.27. The molecule has 0 unspecified atom stereocenters. The van der Waals surface area contributed by atoms with Crippen LogP contribution in [-0.4, -0.2) is 25.1 Å². The van der Waals surface area contributed by atoms with Crippen LogP contribution in [0.25, 0.3) is 0 Å². The molecule has 132 valence electrons. The monoisotopic (exact) mass is 349 g/mol. The largest absolute Gasteiger partial charge is 0.452 e. The number of esters is 1. The van der Waals surface area contributed by atoms with Crippen molar-refractivity contribution in [2.24, 2.45) is 0 Å². The van der Waals surface area contributed by atoms with Crippen LogP contribution in [0.3, 0.4) is 0 Å². The van der Waals surface area contributed by atoms with Crippen molar-refractivity contribution in [2.75, 3.05) is 11.9 Å². The van der Waals surface area contributed by atoms with E-state index in [2.05, 4.69) is 10.1 Å². The topological polar surface area (TPSA) is 64.6 Å². The molecule has 1 amide bonds. The van der Waals surface area contributed by atoms with E-state index in [1.807, 2.05) is 26.0 Å². The fourth-order valence-corrected chi connectivity index (χ4v) is 2.06. The van der Waals surface area contributed by atoms with Crippen molar-refractivity contribution < 1.29 is 27.8 Å². The number of halogens is 2. The molecule has 0 fully saturated rings. The summed E-state index contributed by atoms with van der Waals surface area (Å²) >= 11 is 0. The number of alkyl halides is 2.